The van der Waals surface area contributed by atoms with Crippen LogP contribution in [0.5, 0.6) is 5.75 Å². The first-order valence-electron chi connectivity index (χ1n) is 6.19. The smallest absolute Gasteiger partial charge is 0.123 e. The summed E-state index contributed by atoms with van der Waals surface area (Å²) in [4.78, 5) is 0. The van der Waals surface area contributed by atoms with Gasteiger partial charge in [0.15, 0.2) is 0 Å². The molecule has 0 aliphatic heterocycles. The first kappa shape index (κ1) is 13.9. The summed E-state index contributed by atoms with van der Waals surface area (Å²) in [7, 11) is 1.66. The van der Waals surface area contributed by atoms with E-state index >= 15 is 0 Å². The highest BCUT2D eigenvalue weighted by Crippen LogP contribution is 2.31. The van der Waals surface area contributed by atoms with Gasteiger partial charge in [-0.1, -0.05) is 35.4 Å². The molecule has 2 aromatic rings. The molecule has 2 rings (SSSR count). The number of nitrogens with two attached hydrogens (primary N) is 1. The van der Waals surface area contributed by atoms with Crippen molar-refractivity contribution in [2.45, 2.75) is 19.9 Å². The maximum Gasteiger partial charge on any atom is 0.123 e. The predicted octanol–water partition coefficient (Wildman–Crippen LogP) is 4.01. The van der Waals surface area contributed by atoms with Crippen LogP contribution < -0.4 is 10.5 Å². The van der Waals surface area contributed by atoms with E-state index in [2.05, 4.69) is 6.07 Å². The molecule has 0 fully saturated rings. The van der Waals surface area contributed by atoms with Gasteiger partial charge in [-0.2, -0.15) is 0 Å². The van der Waals surface area contributed by atoms with Crippen LogP contribution >= 0.6 is 11.6 Å². The molecular formula is C16H18ClNO. The zero-order chi connectivity index (χ0) is 14.0. The van der Waals surface area contributed by atoms with Gasteiger partial charge >= 0.3 is 0 Å². The van der Waals surface area contributed by atoms with E-state index in [4.69, 9.17) is 22.1 Å². The van der Waals surface area contributed by atoms with Gasteiger partial charge in [0.05, 0.1) is 13.2 Å². The minimum atomic E-state index is -0.216. The van der Waals surface area contributed by atoms with E-state index in [0.29, 0.717) is 0 Å². The Hall–Kier alpha value is -1.51. The highest BCUT2D eigenvalue weighted by atomic mass is 35.5. The molecule has 0 aliphatic rings. The Morgan fingerprint density at radius 1 is 1.05 bits per heavy atom. The number of aryl methyl sites for hydroxylation is 2. The fraction of sp³-hybridized carbons (Fsp3) is 0.250. The summed E-state index contributed by atoms with van der Waals surface area (Å²) in [6, 6.07) is 11.6. The lowest BCUT2D eigenvalue weighted by molar-refractivity contribution is 0.407. The molecule has 0 aromatic heterocycles. The summed E-state index contributed by atoms with van der Waals surface area (Å²) < 4.78 is 5.40. The van der Waals surface area contributed by atoms with Crippen molar-refractivity contribution < 1.29 is 4.74 Å². The quantitative estimate of drug-likeness (QED) is 0.918. The molecule has 0 aliphatic carbocycles. The highest BCUT2D eigenvalue weighted by molar-refractivity contribution is 6.30. The average Bonchev–Trinajstić information content (AvgIpc) is 2.38. The van der Waals surface area contributed by atoms with Gasteiger partial charge in [0.1, 0.15) is 5.75 Å². The summed E-state index contributed by atoms with van der Waals surface area (Å²) in [6.45, 7) is 4.06. The number of hydrogen-bond donors (Lipinski definition) is 1. The molecule has 100 valence electrons. The van der Waals surface area contributed by atoms with Gasteiger partial charge in [0, 0.05) is 10.6 Å². The van der Waals surface area contributed by atoms with Crippen LogP contribution in [0.25, 0.3) is 0 Å². The Bertz CT molecular complexity index is 595. The molecule has 0 spiro atoms. The largest absolute Gasteiger partial charge is 0.496 e. The third kappa shape index (κ3) is 2.91. The molecule has 2 aromatic carbocycles. The Morgan fingerprint density at radius 3 is 2.42 bits per heavy atom. The lowest BCUT2D eigenvalue weighted by Crippen LogP contribution is -2.14. The fourth-order valence-corrected chi connectivity index (χ4v) is 2.48. The molecular weight excluding hydrogens is 258 g/mol. The van der Waals surface area contributed by atoms with Crippen LogP contribution in [-0.4, -0.2) is 7.11 Å². The van der Waals surface area contributed by atoms with Crippen LogP contribution in [0.2, 0.25) is 5.02 Å². The molecule has 0 saturated heterocycles. The van der Waals surface area contributed by atoms with Crippen LogP contribution in [0.4, 0.5) is 0 Å². The molecule has 2 N–H and O–H groups in total. The van der Waals surface area contributed by atoms with E-state index in [1.165, 1.54) is 0 Å². The first-order chi connectivity index (χ1) is 9.02. The maximum absolute atomic E-state index is 6.39. The van der Waals surface area contributed by atoms with Crippen LogP contribution in [0.1, 0.15) is 28.3 Å². The van der Waals surface area contributed by atoms with E-state index < -0.39 is 0 Å². The number of benzene rings is 2. The van der Waals surface area contributed by atoms with Gasteiger partial charge in [-0.05, 0) is 43.2 Å². The number of rotatable bonds is 3. The highest BCUT2D eigenvalue weighted by Gasteiger charge is 2.16. The summed E-state index contributed by atoms with van der Waals surface area (Å²) in [5, 5.41) is 0.727. The van der Waals surface area contributed by atoms with Gasteiger partial charge in [-0.25, -0.2) is 0 Å². The van der Waals surface area contributed by atoms with E-state index in [9.17, 15) is 0 Å². The van der Waals surface area contributed by atoms with Gasteiger partial charge in [-0.15, -0.1) is 0 Å². The molecule has 0 amide bonds. The van der Waals surface area contributed by atoms with Crippen LogP contribution in [0.3, 0.4) is 0 Å². The number of halogens is 1. The Morgan fingerprint density at radius 2 is 1.79 bits per heavy atom. The zero-order valence-electron chi connectivity index (χ0n) is 11.4. The maximum atomic E-state index is 6.39. The standard InChI is InChI=1S/C16H18ClNO/c1-10-4-7-15(19-3)14(8-10)16(18)13-6-5-12(17)9-11(13)2/h4-9,16H,18H2,1-3H3. The third-order valence-electron chi connectivity index (χ3n) is 3.29. The Labute approximate surface area is 119 Å². The molecule has 0 bridgehead atoms. The number of methoxy groups -OCH3 is 1. The second-order valence-corrected chi connectivity index (χ2v) is 5.16. The summed E-state index contributed by atoms with van der Waals surface area (Å²) in [5.41, 5.74) is 10.7. The Balaban J connectivity index is 2.49. The molecule has 3 heteroatoms. The molecule has 0 heterocycles. The molecule has 1 atom stereocenters. The third-order valence-corrected chi connectivity index (χ3v) is 3.52. The van der Waals surface area contributed by atoms with Crippen LogP contribution in [0, 0.1) is 13.8 Å². The molecule has 1 unspecified atom stereocenters. The molecule has 0 saturated carbocycles. The van der Waals surface area contributed by atoms with Gasteiger partial charge in [0.25, 0.3) is 0 Å². The monoisotopic (exact) mass is 275 g/mol. The molecule has 2 nitrogen and oxygen atoms in total. The zero-order valence-corrected chi connectivity index (χ0v) is 12.2. The van der Waals surface area contributed by atoms with Crippen molar-refractivity contribution >= 4 is 11.6 Å². The van der Waals surface area contributed by atoms with E-state index in [0.717, 1.165) is 33.0 Å². The first-order valence-corrected chi connectivity index (χ1v) is 6.57. The minimum Gasteiger partial charge on any atom is -0.496 e. The lowest BCUT2D eigenvalue weighted by atomic mass is 9.94. The predicted molar refractivity (Wildman–Crippen MR) is 80.0 cm³/mol. The number of hydrogen-bond acceptors (Lipinski definition) is 2. The average molecular weight is 276 g/mol. The molecule has 0 radical (unpaired) electrons. The van der Waals surface area contributed by atoms with Crippen molar-refractivity contribution in [3.05, 3.63) is 63.7 Å². The topological polar surface area (TPSA) is 35.2 Å². The Kier molecular flexibility index (Phi) is 4.13. The number of ether oxygens (including phenoxy) is 1. The van der Waals surface area contributed by atoms with Gasteiger partial charge in [0.2, 0.25) is 0 Å². The van der Waals surface area contributed by atoms with Crippen molar-refractivity contribution in [3.8, 4) is 5.75 Å². The van der Waals surface area contributed by atoms with Crippen molar-refractivity contribution in [3.63, 3.8) is 0 Å². The van der Waals surface area contributed by atoms with Crippen molar-refractivity contribution in [1.29, 1.82) is 0 Å². The van der Waals surface area contributed by atoms with Crippen LogP contribution in [0.15, 0.2) is 36.4 Å². The summed E-state index contributed by atoms with van der Waals surface area (Å²) in [5.74, 6) is 0.812. The SMILES string of the molecule is COc1ccc(C)cc1C(N)c1ccc(Cl)cc1C. The lowest BCUT2D eigenvalue weighted by Gasteiger charge is -2.19. The van der Waals surface area contributed by atoms with Gasteiger partial charge in [-0.3, -0.25) is 0 Å². The fourth-order valence-electron chi connectivity index (χ4n) is 2.25. The minimum absolute atomic E-state index is 0.216. The summed E-state index contributed by atoms with van der Waals surface area (Å²) >= 11 is 5.99. The van der Waals surface area contributed by atoms with Crippen molar-refractivity contribution in [1.82, 2.24) is 0 Å². The van der Waals surface area contributed by atoms with Crippen molar-refractivity contribution in [2.24, 2.45) is 5.73 Å². The van der Waals surface area contributed by atoms with E-state index in [-0.39, 0.29) is 6.04 Å². The second-order valence-electron chi connectivity index (χ2n) is 4.72. The van der Waals surface area contributed by atoms with E-state index in [1.54, 1.807) is 7.11 Å². The van der Waals surface area contributed by atoms with Crippen molar-refractivity contribution in [2.75, 3.05) is 7.11 Å². The van der Waals surface area contributed by atoms with Gasteiger partial charge < -0.3 is 10.5 Å². The molecule has 19 heavy (non-hydrogen) atoms. The van der Waals surface area contributed by atoms with E-state index in [1.807, 2.05) is 44.2 Å². The summed E-state index contributed by atoms with van der Waals surface area (Å²) in [6.07, 6.45) is 0. The normalized spacial score (nSPS) is 12.3. The second kappa shape index (κ2) is 5.64. The van der Waals surface area contributed by atoms with Crippen LogP contribution in [-0.2, 0) is 0 Å².